The van der Waals surface area contributed by atoms with E-state index >= 15 is 0 Å². The predicted octanol–water partition coefficient (Wildman–Crippen LogP) is 3.37. The van der Waals surface area contributed by atoms with Crippen LogP contribution in [0.25, 0.3) is 0 Å². The topological polar surface area (TPSA) is 125 Å². The molecule has 4 N–H and O–H groups in total. The second-order valence-electron chi connectivity index (χ2n) is 5.98. The van der Waals surface area contributed by atoms with E-state index in [2.05, 4.69) is 46.5 Å². The molecule has 0 amide bonds. The summed E-state index contributed by atoms with van der Waals surface area (Å²) in [6.07, 6.45) is 2.00. The Bertz CT molecular complexity index is 939. The minimum atomic E-state index is -0.631. The molecule has 146 valence electrons. The largest absolute Gasteiger partial charge is 0.493 e. The third-order valence-corrected chi connectivity index (χ3v) is 4.27. The summed E-state index contributed by atoms with van der Waals surface area (Å²) >= 11 is 3.34. The number of hydrogen-bond acceptors (Lipinski definition) is 9. The summed E-state index contributed by atoms with van der Waals surface area (Å²) in [6.45, 7) is 3.41. The Labute approximate surface area is 170 Å². The zero-order valence-electron chi connectivity index (χ0n) is 15.2. The van der Waals surface area contributed by atoms with Gasteiger partial charge in [0.1, 0.15) is 6.10 Å². The van der Waals surface area contributed by atoms with E-state index < -0.39 is 12.2 Å². The quantitative estimate of drug-likeness (QED) is 0.431. The number of ether oxygens (including phenoxy) is 1. The minimum Gasteiger partial charge on any atom is -0.493 e. The Morgan fingerprint density at radius 2 is 1.57 bits per heavy atom. The molecule has 10 heteroatoms. The summed E-state index contributed by atoms with van der Waals surface area (Å²) in [4.78, 5) is 16.4. The lowest BCUT2D eigenvalue weighted by Gasteiger charge is -2.17. The van der Waals surface area contributed by atoms with Gasteiger partial charge in [-0.25, -0.2) is 9.97 Å². The van der Waals surface area contributed by atoms with Crippen LogP contribution in [0.2, 0.25) is 0 Å². The van der Waals surface area contributed by atoms with Crippen LogP contribution in [-0.4, -0.2) is 42.4 Å². The third-order valence-electron chi connectivity index (χ3n) is 3.73. The maximum atomic E-state index is 9.60. The van der Waals surface area contributed by atoms with Gasteiger partial charge in [0.2, 0.25) is 23.7 Å². The Balaban J connectivity index is 1.68. The molecule has 9 nitrogen and oxygen atoms in total. The number of nitrogens with zero attached hydrogens (tertiary/aromatic N) is 4. The van der Waals surface area contributed by atoms with E-state index in [1.54, 1.807) is 20.0 Å². The molecule has 3 aromatic rings. The van der Waals surface area contributed by atoms with Crippen molar-refractivity contribution in [2.24, 2.45) is 0 Å². The van der Waals surface area contributed by atoms with Crippen molar-refractivity contribution < 1.29 is 14.9 Å². The van der Waals surface area contributed by atoms with Crippen molar-refractivity contribution in [3.8, 4) is 11.8 Å². The van der Waals surface area contributed by atoms with Crippen LogP contribution in [0, 0.1) is 0 Å². The molecule has 0 aliphatic heterocycles. The molecule has 28 heavy (non-hydrogen) atoms. The lowest BCUT2D eigenvalue weighted by atomic mass is 10.3. The van der Waals surface area contributed by atoms with Crippen molar-refractivity contribution in [2.45, 2.75) is 26.1 Å². The van der Waals surface area contributed by atoms with Crippen LogP contribution in [0.5, 0.6) is 11.8 Å². The van der Waals surface area contributed by atoms with Crippen molar-refractivity contribution in [3.05, 3.63) is 47.2 Å². The fourth-order valence-electron chi connectivity index (χ4n) is 2.07. The first-order valence-electron chi connectivity index (χ1n) is 8.44. The summed E-state index contributed by atoms with van der Waals surface area (Å²) < 4.78 is 6.24. The lowest BCUT2D eigenvalue weighted by molar-refractivity contribution is 0.0569. The maximum absolute atomic E-state index is 9.60. The molecule has 3 rings (SSSR count). The zero-order chi connectivity index (χ0) is 20.1. The monoisotopic (exact) mass is 446 g/mol. The van der Waals surface area contributed by atoms with Crippen LogP contribution >= 0.6 is 15.9 Å². The second-order valence-corrected chi connectivity index (χ2v) is 6.83. The molecule has 2 heterocycles. The van der Waals surface area contributed by atoms with Crippen LogP contribution in [0.1, 0.15) is 13.8 Å². The Morgan fingerprint density at radius 3 is 2.14 bits per heavy atom. The summed E-state index contributed by atoms with van der Waals surface area (Å²) in [6, 6.07) is 8.70. The average molecular weight is 447 g/mol. The van der Waals surface area contributed by atoms with Gasteiger partial charge in [-0.1, -0.05) is 0 Å². The van der Waals surface area contributed by atoms with E-state index in [1.807, 2.05) is 24.3 Å². The van der Waals surface area contributed by atoms with Crippen LogP contribution < -0.4 is 15.4 Å². The van der Waals surface area contributed by atoms with Gasteiger partial charge in [0.15, 0.2) is 0 Å². The SMILES string of the molecule is C[C@@H](O)[C@@H](C)Oc1nc(Nc2ccc(Nc3nccc(O)n3)cc2)ncc1Br. The van der Waals surface area contributed by atoms with Gasteiger partial charge in [-0.3, -0.25) is 0 Å². The standard InChI is InChI=1S/C18H19BrN6O3/c1-10(26)11(2)28-16-14(19)9-21-18(25-16)23-13-5-3-12(4-6-13)22-17-20-8-7-15(27)24-17/h3-11,26H,1-2H3,(H,21,23,25)(H2,20,22,24,27)/t10-,11-/m1/s1. The van der Waals surface area contributed by atoms with E-state index in [0.29, 0.717) is 22.2 Å². The summed E-state index contributed by atoms with van der Waals surface area (Å²) in [5.41, 5.74) is 1.52. The van der Waals surface area contributed by atoms with Crippen molar-refractivity contribution in [3.63, 3.8) is 0 Å². The number of aromatic nitrogens is 4. The average Bonchev–Trinajstić information content (AvgIpc) is 2.66. The molecule has 0 fully saturated rings. The van der Waals surface area contributed by atoms with Gasteiger partial charge in [0.25, 0.3) is 0 Å². The summed E-state index contributed by atoms with van der Waals surface area (Å²) in [5.74, 6) is 0.885. The van der Waals surface area contributed by atoms with Crippen molar-refractivity contribution in [2.75, 3.05) is 10.6 Å². The summed E-state index contributed by atoms with van der Waals surface area (Å²) in [7, 11) is 0. The highest BCUT2D eigenvalue weighted by atomic mass is 79.9. The number of rotatable bonds is 7. The van der Waals surface area contributed by atoms with Gasteiger partial charge in [-0.05, 0) is 54.0 Å². The Morgan fingerprint density at radius 1 is 0.964 bits per heavy atom. The van der Waals surface area contributed by atoms with Gasteiger partial charge in [0.05, 0.1) is 16.8 Å². The number of halogens is 1. The Kier molecular flexibility index (Phi) is 6.22. The van der Waals surface area contributed by atoms with Crippen molar-refractivity contribution in [1.82, 2.24) is 19.9 Å². The molecule has 0 saturated heterocycles. The highest BCUT2D eigenvalue weighted by Gasteiger charge is 2.14. The maximum Gasteiger partial charge on any atom is 0.233 e. The van der Waals surface area contributed by atoms with Gasteiger partial charge >= 0.3 is 0 Å². The first-order chi connectivity index (χ1) is 13.4. The van der Waals surface area contributed by atoms with E-state index in [4.69, 9.17) is 4.74 Å². The highest BCUT2D eigenvalue weighted by molar-refractivity contribution is 9.10. The number of anilines is 4. The Hall–Kier alpha value is -2.98. The smallest absolute Gasteiger partial charge is 0.233 e. The molecule has 0 saturated carbocycles. The number of aliphatic hydroxyl groups is 1. The molecule has 0 aliphatic carbocycles. The van der Waals surface area contributed by atoms with Gasteiger partial charge in [0, 0.05) is 23.6 Å². The van der Waals surface area contributed by atoms with Crippen LogP contribution in [0.4, 0.5) is 23.3 Å². The fraction of sp³-hybridized carbons (Fsp3) is 0.222. The van der Waals surface area contributed by atoms with Crippen LogP contribution in [0.3, 0.4) is 0 Å². The number of aliphatic hydroxyl groups excluding tert-OH is 1. The molecule has 0 aliphatic rings. The number of nitrogens with one attached hydrogen (secondary N) is 2. The van der Waals surface area contributed by atoms with Crippen molar-refractivity contribution in [1.29, 1.82) is 0 Å². The second kappa shape index (κ2) is 8.81. The molecule has 0 radical (unpaired) electrons. The highest BCUT2D eigenvalue weighted by Crippen LogP contribution is 2.26. The molecule has 1 aromatic carbocycles. The van der Waals surface area contributed by atoms with Gasteiger partial charge in [-0.2, -0.15) is 9.97 Å². The first kappa shape index (κ1) is 19.8. The van der Waals surface area contributed by atoms with E-state index in [9.17, 15) is 10.2 Å². The minimum absolute atomic E-state index is 0.105. The van der Waals surface area contributed by atoms with Gasteiger partial charge < -0.3 is 25.6 Å². The molecule has 2 atom stereocenters. The number of aromatic hydroxyl groups is 1. The molecule has 0 unspecified atom stereocenters. The van der Waals surface area contributed by atoms with E-state index in [0.717, 1.165) is 11.4 Å². The first-order valence-corrected chi connectivity index (χ1v) is 9.23. The third kappa shape index (κ3) is 5.27. The van der Waals surface area contributed by atoms with Gasteiger partial charge in [-0.15, -0.1) is 0 Å². The fourth-order valence-corrected chi connectivity index (χ4v) is 2.36. The van der Waals surface area contributed by atoms with Crippen molar-refractivity contribution >= 4 is 39.2 Å². The molecular formula is C18H19BrN6O3. The summed E-state index contributed by atoms with van der Waals surface area (Å²) in [5, 5.41) is 25.1. The molecule has 2 aromatic heterocycles. The lowest BCUT2D eigenvalue weighted by Crippen LogP contribution is -2.26. The number of benzene rings is 1. The molecule has 0 bridgehead atoms. The normalized spacial score (nSPS) is 12.9. The molecular weight excluding hydrogens is 428 g/mol. The van der Waals surface area contributed by atoms with E-state index in [1.165, 1.54) is 12.3 Å². The predicted molar refractivity (Wildman–Crippen MR) is 108 cm³/mol. The molecule has 0 spiro atoms. The number of hydrogen-bond donors (Lipinski definition) is 4. The zero-order valence-corrected chi connectivity index (χ0v) is 16.8. The van der Waals surface area contributed by atoms with E-state index in [-0.39, 0.29) is 5.88 Å². The van der Waals surface area contributed by atoms with Crippen LogP contribution in [-0.2, 0) is 0 Å². The van der Waals surface area contributed by atoms with Crippen LogP contribution in [0.15, 0.2) is 47.2 Å².